The first-order valence-corrected chi connectivity index (χ1v) is 17.6. The molecule has 0 saturated heterocycles. The molecule has 10 aromatic rings. The molecule has 10 rings (SSSR count). The number of aromatic nitrogens is 3. The van der Waals surface area contributed by atoms with E-state index in [0.717, 1.165) is 16.7 Å². The smallest absolute Gasteiger partial charge is 0.164 e. The predicted octanol–water partition coefficient (Wildman–Crippen LogP) is 12.4. The fourth-order valence-electron chi connectivity index (χ4n) is 6.89. The lowest BCUT2D eigenvalue weighted by atomic mass is 9.98. The van der Waals surface area contributed by atoms with E-state index in [2.05, 4.69) is 91.0 Å². The summed E-state index contributed by atoms with van der Waals surface area (Å²) >= 11 is 3.82. The Labute approximate surface area is 284 Å². The number of benzene rings is 7. The molecule has 0 unspecified atom stereocenters. The van der Waals surface area contributed by atoms with E-state index in [9.17, 15) is 0 Å². The summed E-state index contributed by atoms with van der Waals surface area (Å²) in [7, 11) is 0. The molecular weight excluding hydrogens is 623 g/mol. The number of rotatable bonds is 4. The number of nitrogens with zero attached hydrogens (tertiary/aromatic N) is 3. The fraction of sp³-hybridized carbons (Fsp3) is 0. The maximum absolute atomic E-state index is 4.94. The quantitative estimate of drug-likeness (QED) is 0.191. The highest BCUT2D eigenvalue weighted by Crippen LogP contribution is 2.50. The molecule has 0 aliphatic rings. The van der Waals surface area contributed by atoms with E-state index < -0.39 is 0 Å². The number of fused-ring (bicyclic) bond motifs is 10. The van der Waals surface area contributed by atoms with Crippen molar-refractivity contribution in [3.05, 3.63) is 152 Å². The van der Waals surface area contributed by atoms with Gasteiger partial charge in [0.05, 0.1) is 0 Å². The Kier molecular flexibility index (Phi) is 6.22. The van der Waals surface area contributed by atoms with E-state index in [1.54, 1.807) is 0 Å². The van der Waals surface area contributed by atoms with Crippen molar-refractivity contribution in [2.45, 2.75) is 0 Å². The minimum Gasteiger partial charge on any atom is -0.208 e. The highest BCUT2D eigenvalue weighted by Gasteiger charge is 2.20. The zero-order valence-corrected chi connectivity index (χ0v) is 27.2. The molecule has 0 fully saturated rings. The van der Waals surface area contributed by atoms with Gasteiger partial charge in [-0.1, -0.05) is 146 Å². The Morgan fingerprint density at radius 1 is 0.312 bits per heavy atom. The van der Waals surface area contributed by atoms with Crippen LogP contribution in [0, 0.1) is 0 Å². The lowest BCUT2D eigenvalue weighted by Crippen LogP contribution is -2.00. The second kappa shape index (κ2) is 10.9. The van der Waals surface area contributed by atoms with Gasteiger partial charge in [-0.05, 0) is 22.6 Å². The molecule has 0 saturated carbocycles. The molecule has 224 valence electrons. The van der Waals surface area contributed by atoms with Crippen molar-refractivity contribution in [3.63, 3.8) is 0 Å². The average molecular weight is 648 g/mol. The molecule has 3 aromatic heterocycles. The topological polar surface area (TPSA) is 38.7 Å². The van der Waals surface area contributed by atoms with E-state index in [0.29, 0.717) is 17.5 Å². The molecule has 0 atom stereocenters. The Morgan fingerprint density at radius 3 is 1.50 bits per heavy atom. The summed E-state index contributed by atoms with van der Waals surface area (Å²) in [5, 5.41) is 8.05. The van der Waals surface area contributed by atoms with Crippen molar-refractivity contribution < 1.29 is 0 Å². The van der Waals surface area contributed by atoms with Gasteiger partial charge in [-0.3, -0.25) is 0 Å². The number of thiophene rings is 2. The van der Waals surface area contributed by atoms with E-state index in [1.807, 2.05) is 83.3 Å². The maximum Gasteiger partial charge on any atom is 0.164 e. The third-order valence-electron chi connectivity index (χ3n) is 9.13. The highest BCUT2D eigenvalue weighted by atomic mass is 32.1. The summed E-state index contributed by atoms with van der Waals surface area (Å²) in [6, 6.07) is 53.4. The summed E-state index contributed by atoms with van der Waals surface area (Å²) in [6.07, 6.45) is 0. The zero-order valence-electron chi connectivity index (χ0n) is 25.6. The minimum absolute atomic E-state index is 0.660. The zero-order chi connectivity index (χ0) is 31.6. The van der Waals surface area contributed by atoms with Crippen LogP contribution >= 0.6 is 22.7 Å². The predicted molar refractivity (Wildman–Crippen MR) is 205 cm³/mol. The monoisotopic (exact) mass is 647 g/mol. The first-order valence-electron chi connectivity index (χ1n) is 15.9. The van der Waals surface area contributed by atoms with E-state index in [-0.39, 0.29) is 0 Å². The Morgan fingerprint density at radius 2 is 0.833 bits per heavy atom. The van der Waals surface area contributed by atoms with Gasteiger partial charge in [0.25, 0.3) is 0 Å². The largest absolute Gasteiger partial charge is 0.208 e. The van der Waals surface area contributed by atoms with Crippen molar-refractivity contribution in [3.8, 4) is 45.3 Å². The molecule has 0 bridgehead atoms. The first kappa shape index (κ1) is 27.4. The van der Waals surface area contributed by atoms with Gasteiger partial charge >= 0.3 is 0 Å². The first-order chi connectivity index (χ1) is 23.8. The second-order valence-electron chi connectivity index (χ2n) is 12.0. The third-order valence-corrected chi connectivity index (χ3v) is 11.6. The molecule has 0 amide bonds. The summed E-state index contributed by atoms with van der Waals surface area (Å²) in [5.41, 5.74) is 5.30. The van der Waals surface area contributed by atoms with Gasteiger partial charge in [0.1, 0.15) is 0 Å². The second-order valence-corrected chi connectivity index (χ2v) is 14.0. The standard InChI is InChI=1S/C43H25N3S2/c1-3-12-27(13-4-1)41-44-42(28-14-5-2-6-15-28)46-43(45-41)29-24-22-26(23-25-29)30-19-11-20-34-37-39(48-38(30)34)32-17-8-7-16-31(32)36-33-18-9-10-21-35(33)47-40(36)37/h1-25H. The number of hydrogen-bond donors (Lipinski definition) is 0. The molecular formula is C43H25N3S2. The van der Waals surface area contributed by atoms with Gasteiger partial charge < -0.3 is 0 Å². The van der Waals surface area contributed by atoms with E-state index in [1.165, 1.54) is 62.2 Å². The van der Waals surface area contributed by atoms with Gasteiger partial charge in [0.2, 0.25) is 0 Å². The lowest BCUT2D eigenvalue weighted by Gasteiger charge is -2.09. The molecule has 3 nitrogen and oxygen atoms in total. The van der Waals surface area contributed by atoms with E-state index in [4.69, 9.17) is 15.0 Å². The summed E-state index contributed by atoms with van der Waals surface area (Å²) in [4.78, 5) is 14.7. The van der Waals surface area contributed by atoms with Crippen LogP contribution in [0.3, 0.4) is 0 Å². The molecule has 0 aliphatic heterocycles. The van der Waals surface area contributed by atoms with Crippen LogP contribution in [0.1, 0.15) is 0 Å². The van der Waals surface area contributed by atoms with Crippen LogP contribution in [0.5, 0.6) is 0 Å². The normalized spacial score (nSPS) is 11.8. The van der Waals surface area contributed by atoms with E-state index >= 15 is 0 Å². The van der Waals surface area contributed by atoms with Crippen LogP contribution in [0.25, 0.3) is 96.4 Å². The van der Waals surface area contributed by atoms with Gasteiger partial charge in [0.15, 0.2) is 17.5 Å². The minimum atomic E-state index is 0.660. The van der Waals surface area contributed by atoms with Gasteiger partial charge in [-0.15, -0.1) is 22.7 Å². The molecule has 48 heavy (non-hydrogen) atoms. The fourth-order valence-corrected chi connectivity index (χ4v) is 9.62. The third kappa shape index (κ3) is 4.29. The molecule has 0 radical (unpaired) electrons. The van der Waals surface area contributed by atoms with Crippen molar-refractivity contribution in [1.29, 1.82) is 0 Å². The van der Waals surface area contributed by atoms with Crippen molar-refractivity contribution in [2.24, 2.45) is 0 Å². The molecule has 7 aromatic carbocycles. The van der Waals surface area contributed by atoms with Crippen LogP contribution in [0.2, 0.25) is 0 Å². The molecule has 0 spiro atoms. The molecule has 3 heterocycles. The van der Waals surface area contributed by atoms with Crippen LogP contribution in [-0.4, -0.2) is 15.0 Å². The summed E-state index contributed by atoms with van der Waals surface area (Å²) < 4.78 is 5.38. The van der Waals surface area contributed by atoms with Crippen molar-refractivity contribution in [2.75, 3.05) is 0 Å². The van der Waals surface area contributed by atoms with Gasteiger partial charge in [-0.2, -0.15) is 0 Å². The Hall–Kier alpha value is -5.75. The van der Waals surface area contributed by atoms with Crippen LogP contribution in [0.15, 0.2) is 152 Å². The Bertz CT molecular complexity index is 2760. The summed E-state index contributed by atoms with van der Waals surface area (Å²) in [6.45, 7) is 0. The van der Waals surface area contributed by atoms with Crippen molar-refractivity contribution >= 4 is 73.8 Å². The Balaban J connectivity index is 1.14. The maximum atomic E-state index is 4.94. The van der Waals surface area contributed by atoms with Gasteiger partial charge in [-0.25, -0.2) is 15.0 Å². The summed E-state index contributed by atoms with van der Waals surface area (Å²) in [5.74, 6) is 1.99. The SMILES string of the molecule is c1ccc(-c2nc(-c3ccccc3)nc(-c3ccc(-c4cccc5c4sc4c6ccccc6c6c7ccccc7sc6c54)cc3)n2)cc1. The number of hydrogen-bond acceptors (Lipinski definition) is 5. The van der Waals surface area contributed by atoms with Crippen LogP contribution < -0.4 is 0 Å². The van der Waals surface area contributed by atoms with Gasteiger partial charge in [0, 0.05) is 62.4 Å². The molecule has 5 heteroatoms. The molecule has 0 aliphatic carbocycles. The lowest BCUT2D eigenvalue weighted by molar-refractivity contribution is 1.07. The average Bonchev–Trinajstić information content (AvgIpc) is 3.75. The van der Waals surface area contributed by atoms with Crippen molar-refractivity contribution in [1.82, 2.24) is 15.0 Å². The molecule has 0 N–H and O–H groups in total. The van der Waals surface area contributed by atoms with Crippen LogP contribution in [-0.2, 0) is 0 Å². The highest BCUT2D eigenvalue weighted by molar-refractivity contribution is 7.30. The van der Waals surface area contributed by atoms with Crippen LogP contribution in [0.4, 0.5) is 0 Å².